The summed E-state index contributed by atoms with van der Waals surface area (Å²) in [7, 11) is 0. The van der Waals surface area contributed by atoms with Gasteiger partial charge in [-0.25, -0.2) is 4.57 Å². The second-order valence-corrected chi connectivity index (χ2v) is 4.64. The number of hydrogen-bond donors (Lipinski definition) is 2. The molecule has 128 valence electrons. The zero-order valence-electron chi connectivity index (χ0n) is 12.8. The summed E-state index contributed by atoms with van der Waals surface area (Å²) in [5.74, 6) is -0.429. The number of aromatic nitrogens is 2. The molecule has 2 aromatic rings. The number of carbonyl (C=O) groups excluding carboxylic acids is 1. The van der Waals surface area contributed by atoms with Crippen LogP contribution >= 0.6 is 0 Å². The quantitative estimate of drug-likeness (QED) is 0.149. The minimum absolute atomic E-state index is 0. The highest BCUT2D eigenvalue weighted by Crippen LogP contribution is 1.92. The molecule has 0 unspecified atom stereocenters. The van der Waals surface area contributed by atoms with Crippen molar-refractivity contribution in [2.45, 2.75) is 13.1 Å². The lowest BCUT2D eigenvalue weighted by Crippen LogP contribution is -3.00. The third-order valence-electron chi connectivity index (χ3n) is 3.13. The lowest BCUT2D eigenvalue weighted by Gasteiger charge is -1.96. The summed E-state index contributed by atoms with van der Waals surface area (Å²) in [6.07, 6.45) is 11.0. The van der Waals surface area contributed by atoms with Gasteiger partial charge in [-0.05, 0) is 18.2 Å². The van der Waals surface area contributed by atoms with Crippen LogP contribution in [0.15, 0.2) is 66.2 Å². The highest BCUT2D eigenvalue weighted by atomic mass is 79.9. The van der Waals surface area contributed by atoms with E-state index >= 15 is 0 Å². The molecule has 0 spiro atoms. The molecule has 0 aliphatic heterocycles. The molecule has 8 heteroatoms. The molecule has 2 rings (SSSR count). The first-order chi connectivity index (χ1) is 10.7. The summed E-state index contributed by atoms with van der Waals surface area (Å²) in [4.78, 5) is 11.0. The highest BCUT2D eigenvalue weighted by molar-refractivity contribution is 5.92. The van der Waals surface area contributed by atoms with E-state index in [9.17, 15) is 4.79 Å². The summed E-state index contributed by atoms with van der Waals surface area (Å²) in [6.45, 7) is 1.36. The van der Waals surface area contributed by atoms with Crippen LogP contribution in [0.4, 0.5) is 0 Å². The predicted molar refractivity (Wildman–Crippen MR) is 80.3 cm³/mol. The molecule has 2 heterocycles. The van der Waals surface area contributed by atoms with Crippen molar-refractivity contribution in [2.24, 2.45) is 10.9 Å². The van der Waals surface area contributed by atoms with Crippen molar-refractivity contribution in [1.29, 1.82) is 0 Å². The van der Waals surface area contributed by atoms with E-state index in [1.54, 1.807) is 12.1 Å². The van der Waals surface area contributed by atoms with Crippen LogP contribution in [0.3, 0.4) is 0 Å². The Morgan fingerprint density at radius 1 is 1.08 bits per heavy atom. The van der Waals surface area contributed by atoms with Crippen LogP contribution in [0.1, 0.15) is 16.1 Å². The maximum atomic E-state index is 11.0. The van der Waals surface area contributed by atoms with E-state index in [0.717, 1.165) is 5.69 Å². The number of nitrogens with two attached hydrogens (primary N) is 1. The molecule has 0 radical (unpaired) electrons. The molecule has 2 aromatic heterocycles. The Morgan fingerprint density at radius 2 is 1.75 bits per heavy atom. The van der Waals surface area contributed by atoms with Gasteiger partial charge in [-0.15, -0.1) is 0 Å². The van der Waals surface area contributed by atoms with Crippen molar-refractivity contribution in [1.82, 2.24) is 0 Å². The normalized spacial score (nSPS) is 10.3. The predicted octanol–water partition coefficient (Wildman–Crippen LogP) is -5.57. The average molecular weight is 458 g/mol. The summed E-state index contributed by atoms with van der Waals surface area (Å²) in [5.41, 5.74) is 6.50. The molecule has 6 nitrogen and oxygen atoms in total. The van der Waals surface area contributed by atoms with Crippen molar-refractivity contribution in [3.63, 3.8) is 0 Å². The zero-order valence-corrected chi connectivity index (χ0v) is 16.0. The van der Waals surface area contributed by atoms with Gasteiger partial charge in [0, 0.05) is 24.3 Å². The first-order valence-electron chi connectivity index (χ1n) is 6.80. The summed E-state index contributed by atoms with van der Waals surface area (Å²) in [6, 6.07) is 9.05. The Morgan fingerprint density at radius 3 is 2.38 bits per heavy atom. The topological polar surface area (TPSA) is 83.4 Å². The van der Waals surface area contributed by atoms with E-state index in [-0.39, 0.29) is 34.0 Å². The molecule has 0 aromatic carbocycles. The first-order valence-corrected chi connectivity index (χ1v) is 6.80. The maximum Gasteiger partial charge on any atom is 0.249 e. The monoisotopic (exact) mass is 456 g/mol. The van der Waals surface area contributed by atoms with Crippen LogP contribution in [-0.4, -0.2) is 17.3 Å². The van der Waals surface area contributed by atoms with Crippen LogP contribution < -0.4 is 48.8 Å². The lowest BCUT2D eigenvalue weighted by molar-refractivity contribution is -0.691. The average Bonchev–Trinajstić information content (AvgIpc) is 2.53. The summed E-state index contributed by atoms with van der Waals surface area (Å²) >= 11 is 0. The number of allylic oxidation sites excluding steroid dienone is 2. The number of hydrogen-bond acceptors (Lipinski definition) is 3. The summed E-state index contributed by atoms with van der Waals surface area (Å²) in [5, 5.41) is 11.7. The zero-order chi connectivity index (χ0) is 15.8. The van der Waals surface area contributed by atoms with Gasteiger partial charge in [0.2, 0.25) is 11.6 Å². The Labute approximate surface area is 161 Å². The van der Waals surface area contributed by atoms with Crippen LogP contribution in [0, 0.1) is 0 Å². The van der Waals surface area contributed by atoms with Gasteiger partial charge in [-0.2, -0.15) is 4.57 Å². The highest BCUT2D eigenvalue weighted by Gasteiger charge is 2.05. The molecule has 3 N–H and O–H groups in total. The third kappa shape index (κ3) is 6.59. The van der Waals surface area contributed by atoms with Crippen molar-refractivity contribution in [3.05, 3.63) is 72.3 Å². The summed E-state index contributed by atoms with van der Waals surface area (Å²) < 4.78 is 3.89. The molecule has 24 heavy (non-hydrogen) atoms. The Balaban J connectivity index is 0.00000264. The standard InChI is InChI=1S/C16H16N4O2.2BrH/c17-16(21)14-6-11-19(12-7-14)8-3-4-10-20-9-2-1-5-15(20)13-18-22;;/h1-7,9,11-13H,8,10H2,(H-,17,21);2*1H. The molecule has 0 aliphatic carbocycles. The first kappa shape index (κ1) is 21.9. The number of nitrogens with zero attached hydrogens (tertiary/aromatic N) is 3. The van der Waals surface area contributed by atoms with E-state index in [1.165, 1.54) is 6.21 Å². The molecule has 0 fully saturated rings. The smallest absolute Gasteiger partial charge is 0.249 e. The Kier molecular flexibility index (Phi) is 10.5. The molecule has 0 atom stereocenters. The van der Waals surface area contributed by atoms with Gasteiger partial charge >= 0.3 is 0 Å². The van der Waals surface area contributed by atoms with Gasteiger partial charge in [0.1, 0.15) is 6.21 Å². The number of pyridine rings is 2. The molecular formula is C16H18Br2N4O2. The van der Waals surface area contributed by atoms with E-state index in [2.05, 4.69) is 5.16 Å². The van der Waals surface area contributed by atoms with E-state index in [4.69, 9.17) is 10.9 Å². The van der Waals surface area contributed by atoms with Crippen LogP contribution in [0.5, 0.6) is 0 Å². The van der Waals surface area contributed by atoms with Crippen molar-refractivity contribution < 1.29 is 53.1 Å². The molecule has 1 amide bonds. The fourth-order valence-corrected chi connectivity index (χ4v) is 1.96. The molecule has 0 saturated heterocycles. The minimum Gasteiger partial charge on any atom is -1.00 e. The molecule has 0 aliphatic rings. The van der Waals surface area contributed by atoms with Crippen LogP contribution in [-0.2, 0) is 13.1 Å². The number of halogens is 2. The lowest BCUT2D eigenvalue weighted by atomic mass is 10.2. The van der Waals surface area contributed by atoms with Crippen LogP contribution in [0.25, 0.3) is 0 Å². The van der Waals surface area contributed by atoms with Gasteiger partial charge in [0.25, 0.3) is 0 Å². The van der Waals surface area contributed by atoms with E-state index in [0.29, 0.717) is 18.7 Å². The second-order valence-electron chi connectivity index (χ2n) is 4.64. The van der Waals surface area contributed by atoms with Gasteiger partial charge < -0.3 is 44.9 Å². The van der Waals surface area contributed by atoms with Gasteiger partial charge in [-0.1, -0.05) is 5.16 Å². The second kappa shape index (κ2) is 11.5. The van der Waals surface area contributed by atoms with Gasteiger partial charge in [-0.3, -0.25) is 4.79 Å². The van der Waals surface area contributed by atoms with Crippen molar-refractivity contribution in [2.75, 3.05) is 0 Å². The third-order valence-corrected chi connectivity index (χ3v) is 3.13. The van der Waals surface area contributed by atoms with E-state index in [1.807, 2.05) is 58.1 Å². The number of amides is 1. The molecular weight excluding hydrogens is 440 g/mol. The molecule has 0 bridgehead atoms. The van der Waals surface area contributed by atoms with Crippen molar-refractivity contribution in [3.8, 4) is 0 Å². The number of primary amides is 1. The van der Waals surface area contributed by atoms with Crippen LogP contribution in [0.2, 0.25) is 0 Å². The van der Waals surface area contributed by atoms with E-state index < -0.39 is 5.91 Å². The Bertz CT molecular complexity index is 703. The largest absolute Gasteiger partial charge is 1.00 e. The SMILES string of the molecule is NC(=O)c1cc[n+](CC=CC[n+]2ccccc2C=NO)cc1.[Br-].[Br-]. The Hall–Kier alpha value is -2.06. The maximum absolute atomic E-state index is 11.0. The van der Waals surface area contributed by atoms with Crippen molar-refractivity contribution >= 4 is 12.1 Å². The molecule has 0 saturated carbocycles. The minimum atomic E-state index is -0.429. The van der Waals surface area contributed by atoms with Gasteiger partial charge in [0.05, 0.1) is 5.56 Å². The fraction of sp³-hybridized carbons (Fsp3) is 0.125. The number of oxime groups is 1. The number of carbonyl (C=O) groups is 1. The van der Waals surface area contributed by atoms with Gasteiger partial charge in [0.15, 0.2) is 31.7 Å². The number of rotatable bonds is 6. The fourth-order valence-electron chi connectivity index (χ4n) is 1.96.